The zero-order valence-electron chi connectivity index (χ0n) is 30.5. The van der Waals surface area contributed by atoms with Crippen LogP contribution < -0.4 is 0 Å². The Balaban J connectivity index is 1.16. The van der Waals surface area contributed by atoms with Gasteiger partial charge in [-0.25, -0.2) is 15.0 Å². The van der Waals surface area contributed by atoms with E-state index in [-0.39, 0.29) is 0 Å². The van der Waals surface area contributed by atoms with Gasteiger partial charge >= 0.3 is 0 Å². The molecule has 0 spiro atoms. The lowest BCUT2D eigenvalue weighted by Gasteiger charge is -2.12. The first-order chi connectivity index (χ1) is 28.3. The van der Waals surface area contributed by atoms with Gasteiger partial charge in [-0.1, -0.05) is 133 Å². The monoisotopic (exact) mass is 729 g/mol. The minimum absolute atomic E-state index is 0.614. The lowest BCUT2D eigenvalue weighted by atomic mass is 10.1. The summed E-state index contributed by atoms with van der Waals surface area (Å²) in [5, 5.41) is 6.86. The van der Waals surface area contributed by atoms with Crippen molar-refractivity contribution in [3.05, 3.63) is 188 Å². The number of aromatic nitrogens is 5. The quantitative estimate of drug-likeness (QED) is 0.177. The summed E-state index contributed by atoms with van der Waals surface area (Å²) in [6.45, 7) is 0. The molecule has 0 unspecified atom stereocenters. The second-order valence-corrected chi connectivity index (χ2v) is 14.4. The van der Waals surface area contributed by atoms with Crippen molar-refractivity contribution >= 4 is 65.6 Å². The molecular weight excluding hydrogens is 699 g/mol. The zero-order chi connectivity index (χ0) is 37.5. The van der Waals surface area contributed by atoms with Crippen LogP contribution in [-0.2, 0) is 0 Å². The molecule has 12 aromatic rings. The summed E-state index contributed by atoms with van der Waals surface area (Å²) in [6.07, 6.45) is 0. The van der Waals surface area contributed by atoms with E-state index in [1.54, 1.807) is 0 Å². The molecule has 6 nitrogen and oxygen atoms in total. The van der Waals surface area contributed by atoms with Crippen LogP contribution in [0.5, 0.6) is 0 Å². The number of furan rings is 1. The average molecular weight is 730 g/mol. The number of hydrogen-bond donors (Lipinski definition) is 0. The first kappa shape index (κ1) is 31.5. The van der Waals surface area contributed by atoms with Gasteiger partial charge in [0.25, 0.3) is 0 Å². The maximum Gasteiger partial charge on any atom is 0.164 e. The summed E-state index contributed by atoms with van der Waals surface area (Å²) in [4.78, 5) is 15.1. The summed E-state index contributed by atoms with van der Waals surface area (Å²) < 4.78 is 11.3. The van der Waals surface area contributed by atoms with E-state index in [9.17, 15) is 0 Å². The fraction of sp³-hybridized carbons (Fsp3) is 0. The molecule has 0 aliphatic carbocycles. The van der Waals surface area contributed by atoms with E-state index in [0.717, 1.165) is 82.8 Å². The van der Waals surface area contributed by atoms with Gasteiger partial charge < -0.3 is 13.6 Å². The molecule has 0 amide bonds. The van der Waals surface area contributed by atoms with Gasteiger partial charge in [-0.15, -0.1) is 0 Å². The molecule has 12 rings (SSSR count). The zero-order valence-corrected chi connectivity index (χ0v) is 30.5. The molecule has 6 heteroatoms. The minimum atomic E-state index is 0.614. The lowest BCUT2D eigenvalue weighted by molar-refractivity contribution is 0.669. The Morgan fingerprint density at radius 1 is 0.333 bits per heavy atom. The second-order valence-electron chi connectivity index (χ2n) is 14.4. The highest BCUT2D eigenvalue weighted by Crippen LogP contribution is 2.44. The van der Waals surface area contributed by atoms with E-state index >= 15 is 0 Å². The number of nitrogens with zero attached hydrogens (tertiary/aromatic N) is 5. The molecule has 266 valence electrons. The van der Waals surface area contributed by atoms with Crippen molar-refractivity contribution in [2.24, 2.45) is 0 Å². The van der Waals surface area contributed by atoms with E-state index in [4.69, 9.17) is 19.4 Å². The Bertz CT molecular complexity index is 3450. The fourth-order valence-electron chi connectivity index (χ4n) is 8.62. The molecule has 0 aliphatic heterocycles. The van der Waals surface area contributed by atoms with Gasteiger partial charge in [-0.05, 0) is 54.6 Å². The molecule has 0 bridgehead atoms. The van der Waals surface area contributed by atoms with Crippen LogP contribution in [0.25, 0.3) is 111 Å². The summed E-state index contributed by atoms with van der Waals surface area (Å²) in [5.74, 6) is 1.88. The van der Waals surface area contributed by atoms with Crippen LogP contribution in [0.3, 0.4) is 0 Å². The molecule has 0 radical (unpaired) electrons. The van der Waals surface area contributed by atoms with Gasteiger partial charge in [-0.2, -0.15) is 0 Å². The maximum absolute atomic E-state index is 6.52. The molecule has 8 aromatic carbocycles. The van der Waals surface area contributed by atoms with E-state index in [1.807, 2.05) is 72.8 Å². The van der Waals surface area contributed by atoms with Crippen molar-refractivity contribution < 1.29 is 4.42 Å². The predicted octanol–water partition coefficient (Wildman–Crippen LogP) is 13.0. The molecule has 4 heterocycles. The van der Waals surface area contributed by atoms with Crippen LogP contribution in [0.2, 0.25) is 0 Å². The number of benzene rings is 8. The summed E-state index contributed by atoms with van der Waals surface area (Å²) in [6, 6.07) is 65.5. The van der Waals surface area contributed by atoms with Crippen LogP contribution in [0.4, 0.5) is 0 Å². The van der Waals surface area contributed by atoms with Crippen LogP contribution in [-0.4, -0.2) is 24.1 Å². The third kappa shape index (κ3) is 4.87. The SMILES string of the molecule is c1ccc(-c2nc(-c3ccccc3)nc(-c3cccc(-n4c5ccccc5c5ccc6c(c7cc8oc9ccccc9c8cc7n6-c6ccccc6)c54)c3)n2)cc1. The summed E-state index contributed by atoms with van der Waals surface area (Å²) >= 11 is 0. The Kier molecular flexibility index (Phi) is 6.83. The van der Waals surface area contributed by atoms with Gasteiger partial charge in [0.05, 0.1) is 22.1 Å². The van der Waals surface area contributed by atoms with Gasteiger partial charge in [-0.3, -0.25) is 0 Å². The Morgan fingerprint density at radius 3 is 1.67 bits per heavy atom. The third-order valence-corrected chi connectivity index (χ3v) is 11.1. The number of hydrogen-bond acceptors (Lipinski definition) is 4. The molecule has 0 N–H and O–H groups in total. The highest BCUT2D eigenvalue weighted by atomic mass is 16.3. The normalized spacial score (nSPS) is 11.9. The molecule has 57 heavy (non-hydrogen) atoms. The van der Waals surface area contributed by atoms with E-state index in [2.05, 4.69) is 124 Å². The second kappa shape index (κ2) is 12.3. The van der Waals surface area contributed by atoms with Crippen LogP contribution in [0.15, 0.2) is 192 Å². The molecule has 0 fully saturated rings. The van der Waals surface area contributed by atoms with Crippen molar-refractivity contribution in [1.82, 2.24) is 24.1 Å². The van der Waals surface area contributed by atoms with E-state index in [0.29, 0.717) is 17.5 Å². The first-order valence-electron chi connectivity index (χ1n) is 19.1. The van der Waals surface area contributed by atoms with Crippen LogP contribution in [0, 0.1) is 0 Å². The van der Waals surface area contributed by atoms with Crippen LogP contribution >= 0.6 is 0 Å². The Labute approximate surface area is 326 Å². The number of fused-ring (bicyclic) bond motifs is 10. The van der Waals surface area contributed by atoms with Crippen molar-refractivity contribution in [3.8, 4) is 45.5 Å². The molecular formula is C51H31N5O. The topological polar surface area (TPSA) is 61.7 Å². The van der Waals surface area contributed by atoms with Crippen molar-refractivity contribution in [2.45, 2.75) is 0 Å². The summed E-state index contributed by atoms with van der Waals surface area (Å²) in [7, 11) is 0. The molecule has 0 aliphatic rings. The van der Waals surface area contributed by atoms with E-state index in [1.165, 1.54) is 10.8 Å². The van der Waals surface area contributed by atoms with Crippen molar-refractivity contribution in [3.63, 3.8) is 0 Å². The standard InChI is InChI=1S/C51H31N5O/c1-4-15-32(16-5-1)49-52-50(33-17-6-2-7-18-33)54-51(53-49)34-19-14-22-36(29-34)56-42-25-12-10-23-37(42)39-27-28-43-47(48(39)56)41-31-46-40(38-24-11-13-26-45(38)57-46)30-44(41)55(43)35-20-8-3-9-21-35/h1-31H. The number of rotatable bonds is 5. The minimum Gasteiger partial charge on any atom is -0.456 e. The predicted molar refractivity (Wildman–Crippen MR) is 232 cm³/mol. The number of para-hydroxylation sites is 3. The molecule has 0 atom stereocenters. The fourth-order valence-corrected chi connectivity index (χ4v) is 8.62. The van der Waals surface area contributed by atoms with Gasteiger partial charge in [0.1, 0.15) is 11.2 Å². The van der Waals surface area contributed by atoms with Gasteiger partial charge in [0.2, 0.25) is 0 Å². The van der Waals surface area contributed by atoms with E-state index < -0.39 is 0 Å². The average Bonchev–Trinajstić information content (AvgIpc) is 3.93. The van der Waals surface area contributed by atoms with Gasteiger partial charge in [0.15, 0.2) is 17.5 Å². The van der Waals surface area contributed by atoms with Crippen molar-refractivity contribution in [2.75, 3.05) is 0 Å². The smallest absolute Gasteiger partial charge is 0.164 e. The van der Waals surface area contributed by atoms with Crippen LogP contribution in [0.1, 0.15) is 0 Å². The first-order valence-corrected chi connectivity index (χ1v) is 19.1. The highest BCUT2D eigenvalue weighted by Gasteiger charge is 2.23. The summed E-state index contributed by atoms with van der Waals surface area (Å²) in [5.41, 5.74) is 11.1. The maximum atomic E-state index is 6.52. The molecule has 4 aromatic heterocycles. The molecule has 0 saturated heterocycles. The Morgan fingerprint density at radius 2 is 0.930 bits per heavy atom. The largest absolute Gasteiger partial charge is 0.456 e. The van der Waals surface area contributed by atoms with Gasteiger partial charge in [0, 0.05) is 60.4 Å². The lowest BCUT2D eigenvalue weighted by Crippen LogP contribution is -2.01. The van der Waals surface area contributed by atoms with Crippen molar-refractivity contribution in [1.29, 1.82) is 0 Å². The Hall–Kier alpha value is -7.83. The molecule has 0 saturated carbocycles. The third-order valence-electron chi connectivity index (χ3n) is 11.1. The highest BCUT2D eigenvalue weighted by molar-refractivity contribution is 6.28.